The number of hydrogen-bond donors (Lipinski definition) is 1. The van der Waals surface area contributed by atoms with Gasteiger partial charge >= 0.3 is 0 Å². The molecule has 2 atom stereocenters. The highest BCUT2D eigenvalue weighted by Crippen LogP contribution is 2.39. The highest BCUT2D eigenvalue weighted by molar-refractivity contribution is 6.07. The predicted molar refractivity (Wildman–Crippen MR) is 93.7 cm³/mol. The summed E-state index contributed by atoms with van der Waals surface area (Å²) in [5.74, 6) is 0.851. The molecule has 4 heteroatoms. The number of fused-ring (bicyclic) bond motifs is 1. The Kier molecular flexibility index (Phi) is 3.68. The molecule has 1 N–H and O–H groups in total. The third-order valence-corrected chi connectivity index (χ3v) is 5.20. The van der Waals surface area contributed by atoms with Crippen molar-refractivity contribution < 1.29 is 4.79 Å². The Morgan fingerprint density at radius 2 is 1.96 bits per heavy atom. The van der Waals surface area contributed by atoms with Crippen molar-refractivity contribution in [3.63, 3.8) is 0 Å². The Hall–Kier alpha value is -2.10. The van der Waals surface area contributed by atoms with E-state index in [4.69, 9.17) is 0 Å². The summed E-state index contributed by atoms with van der Waals surface area (Å²) in [6.07, 6.45) is 8.55. The molecule has 0 bridgehead atoms. The van der Waals surface area contributed by atoms with E-state index in [0.29, 0.717) is 5.92 Å². The van der Waals surface area contributed by atoms with Crippen molar-refractivity contribution in [2.24, 2.45) is 11.8 Å². The molecule has 23 heavy (non-hydrogen) atoms. The lowest BCUT2D eigenvalue weighted by Crippen LogP contribution is -2.29. The molecule has 120 valence electrons. The molecule has 1 amide bonds. The zero-order valence-electron chi connectivity index (χ0n) is 13.6. The second kappa shape index (κ2) is 5.84. The monoisotopic (exact) mass is 309 g/mol. The van der Waals surface area contributed by atoms with E-state index in [1.54, 1.807) is 0 Å². The molecular formula is C19H23N3O. The van der Waals surface area contributed by atoms with Crippen LogP contribution in [0.25, 0.3) is 10.8 Å². The number of carbonyl (C=O) groups excluding carboxylic acids is 1. The molecule has 1 aromatic heterocycles. The van der Waals surface area contributed by atoms with Crippen LogP contribution in [-0.4, -0.2) is 24.0 Å². The third-order valence-electron chi connectivity index (χ3n) is 5.20. The van der Waals surface area contributed by atoms with Gasteiger partial charge in [0.05, 0.1) is 5.69 Å². The zero-order chi connectivity index (χ0) is 15.8. The van der Waals surface area contributed by atoms with Crippen LogP contribution in [0, 0.1) is 11.8 Å². The maximum absolute atomic E-state index is 12.3. The number of amides is 1. The number of piperidine rings is 1. The molecule has 2 aliphatic rings. The van der Waals surface area contributed by atoms with Crippen LogP contribution >= 0.6 is 0 Å². The van der Waals surface area contributed by atoms with Gasteiger partial charge in [0, 0.05) is 47.9 Å². The van der Waals surface area contributed by atoms with Crippen LogP contribution in [0.15, 0.2) is 30.6 Å². The van der Waals surface area contributed by atoms with Gasteiger partial charge in [-0.05, 0) is 49.8 Å². The molecular weight excluding hydrogens is 286 g/mol. The molecule has 4 nitrogen and oxygen atoms in total. The summed E-state index contributed by atoms with van der Waals surface area (Å²) in [6.45, 7) is 4.36. The van der Waals surface area contributed by atoms with Crippen molar-refractivity contribution in [2.75, 3.05) is 23.3 Å². The summed E-state index contributed by atoms with van der Waals surface area (Å²) < 4.78 is 0. The lowest BCUT2D eigenvalue weighted by atomic mass is 10.0. The summed E-state index contributed by atoms with van der Waals surface area (Å²) >= 11 is 0. The Balaban J connectivity index is 1.68. The topological polar surface area (TPSA) is 45.2 Å². The molecule has 1 aliphatic carbocycles. The van der Waals surface area contributed by atoms with Crippen molar-refractivity contribution in [1.82, 2.24) is 4.98 Å². The van der Waals surface area contributed by atoms with E-state index in [2.05, 4.69) is 34.3 Å². The molecule has 0 unspecified atom stereocenters. The second-order valence-electron chi connectivity index (χ2n) is 6.91. The average Bonchev–Trinajstić information content (AvgIpc) is 3.33. The van der Waals surface area contributed by atoms with Crippen molar-refractivity contribution >= 4 is 28.1 Å². The molecule has 2 heterocycles. The molecule has 4 rings (SSSR count). The van der Waals surface area contributed by atoms with Crippen LogP contribution in [0.5, 0.6) is 0 Å². The highest BCUT2D eigenvalue weighted by Gasteiger charge is 2.39. The van der Waals surface area contributed by atoms with Crippen molar-refractivity contribution in [3.8, 4) is 0 Å². The fraction of sp³-hybridized carbons (Fsp3) is 0.474. The fourth-order valence-electron chi connectivity index (χ4n) is 3.61. The van der Waals surface area contributed by atoms with E-state index in [-0.39, 0.29) is 11.8 Å². The number of pyridine rings is 1. The Labute approximate surface area is 136 Å². The molecule has 2 fully saturated rings. The van der Waals surface area contributed by atoms with Crippen molar-refractivity contribution in [1.29, 1.82) is 0 Å². The SMILES string of the molecule is C[C@H]1C[C@H]1C(=O)Nc1ccc(N2CCCCC2)c2ccncc12. The molecule has 0 radical (unpaired) electrons. The molecule has 1 saturated heterocycles. The lowest BCUT2D eigenvalue weighted by Gasteiger charge is -2.30. The fourth-order valence-corrected chi connectivity index (χ4v) is 3.61. The molecule has 2 aromatic rings. The van der Waals surface area contributed by atoms with Crippen LogP contribution in [0.2, 0.25) is 0 Å². The van der Waals surface area contributed by atoms with Crippen LogP contribution in [0.4, 0.5) is 11.4 Å². The van der Waals surface area contributed by atoms with Crippen LogP contribution in [0.3, 0.4) is 0 Å². The van der Waals surface area contributed by atoms with Crippen LogP contribution < -0.4 is 10.2 Å². The Morgan fingerprint density at radius 3 is 2.70 bits per heavy atom. The van der Waals surface area contributed by atoms with E-state index in [1.807, 2.05) is 18.5 Å². The van der Waals surface area contributed by atoms with Gasteiger partial charge in [0.1, 0.15) is 0 Å². The van der Waals surface area contributed by atoms with Gasteiger partial charge in [0.15, 0.2) is 0 Å². The first kappa shape index (κ1) is 14.5. The van der Waals surface area contributed by atoms with E-state index in [1.165, 1.54) is 30.3 Å². The van der Waals surface area contributed by atoms with Gasteiger partial charge in [-0.15, -0.1) is 0 Å². The first-order valence-electron chi connectivity index (χ1n) is 8.66. The number of carbonyl (C=O) groups is 1. The summed E-state index contributed by atoms with van der Waals surface area (Å²) in [5, 5.41) is 5.33. The number of rotatable bonds is 3. The van der Waals surface area contributed by atoms with Crippen LogP contribution in [-0.2, 0) is 4.79 Å². The number of nitrogens with zero attached hydrogens (tertiary/aromatic N) is 2. The minimum absolute atomic E-state index is 0.147. The first-order valence-corrected chi connectivity index (χ1v) is 8.66. The van der Waals surface area contributed by atoms with Crippen molar-refractivity contribution in [2.45, 2.75) is 32.6 Å². The van der Waals surface area contributed by atoms with Gasteiger partial charge < -0.3 is 10.2 Å². The summed E-state index contributed by atoms with van der Waals surface area (Å²) in [5.41, 5.74) is 2.15. The second-order valence-corrected chi connectivity index (χ2v) is 6.91. The predicted octanol–water partition coefficient (Wildman–Crippen LogP) is 3.82. The zero-order valence-corrected chi connectivity index (χ0v) is 13.6. The molecule has 1 aliphatic heterocycles. The standard InChI is InChI=1S/C19H23N3O/c1-13-11-15(13)19(23)21-17-5-6-18(22-9-3-2-4-10-22)14-7-8-20-12-16(14)17/h5-8,12-13,15H,2-4,9-11H2,1H3,(H,21,23)/t13-,15+/m0/s1. The van der Waals surface area contributed by atoms with Gasteiger partial charge in [-0.3, -0.25) is 9.78 Å². The van der Waals surface area contributed by atoms with Gasteiger partial charge in [0.25, 0.3) is 0 Å². The average molecular weight is 309 g/mol. The molecule has 1 aromatic carbocycles. The third kappa shape index (κ3) is 2.78. The highest BCUT2D eigenvalue weighted by atomic mass is 16.2. The quantitative estimate of drug-likeness (QED) is 0.937. The first-order chi connectivity index (χ1) is 11.2. The minimum atomic E-state index is 0.147. The smallest absolute Gasteiger partial charge is 0.227 e. The summed E-state index contributed by atoms with van der Waals surface area (Å²) in [4.78, 5) is 19.0. The lowest BCUT2D eigenvalue weighted by molar-refractivity contribution is -0.117. The number of benzene rings is 1. The van der Waals surface area contributed by atoms with Crippen LogP contribution in [0.1, 0.15) is 32.6 Å². The summed E-state index contributed by atoms with van der Waals surface area (Å²) in [6, 6.07) is 6.26. The Bertz CT molecular complexity index is 736. The van der Waals surface area contributed by atoms with Crippen molar-refractivity contribution in [3.05, 3.63) is 30.6 Å². The maximum atomic E-state index is 12.3. The van der Waals surface area contributed by atoms with E-state index < -0.39 is 0 Å². The van der Waals surface area contributed by atoms with Gasteiger partial charge in [-0.1, -0.05) is 6.92 Å². The maximum Gasteiger partial charge on any atom is 0.227 e. The minimum Gasteiger partial charge on any atom is -0.371 e. The Morgan fingerprint density at radius 1 is 1.17 bits per heavy atom. The largest absolute Gasteiger partial charge is 0.371 e. The molecule has 0 spiro atoms. The summed E-state index contributed by atoms with van der Waals surface area (Å²) in [7, 11) is 0. The normalized spacial score (nSPS) is 23.8. The number of aromatic nitrogens is 1. The van der Waals surface area contributed by atoms with E-state index in [9.17, 15) is 4.79 Å². The van der Waals surface area contributed by atoms with Gasteiger partial charge in [-0.2, -0.15) is 0 Å². The van der Waals surface area contributed by atoms with Gasteiger partial charge in [0.2, 0.25) is 5.91 Å². The number of nitrogens with one attached hydrogen (secondary N) is 1. The van der Waals surface area contributed by atoms with E-state index in [0.717, 1.165) is 30.6 Å². The number of anilines is 2. The number of hydrogen-bond acceptors (Lipinski definition) is 3. The molecule has 1 saturated carbocycles. The van der Waals surface area contributed by atoms with Gasteiger partial charge in [-0.25, -0.2) is 0 Å². The van der Waals surface area contributed by atoms with E-state index >= 15 is 0 Å².